The molecule has 118 valence electrons. The number of aryl methyl sites for hydroxylation is 1. The molecule has 0 bridgehead atoms. The first-order chi connectivity index (χ1) is 11.0. The maximum Gasteiger partial charge on any atom is 0.188 e. The molecule has 1 aliphatic heterocycles. The molecule has 0 radical (unpaired) electrons. The number of carbonyl (C=O) groups is 1. The van der Waals surface area contributed by atoms with E-state index in [1.54, 1.807) is 6.20 Å². The quantitative estimate of drug-likeness (QED) is 0.823. The van der Waals surface area contributed by atoms with Crippen LogP contribution in [0, 0.1) is 12.3 Å². The molecule has 0 amide bonds. The molecule has 0 unspecified atom stereocenters. The van der Waals surface area contributed by atoms with Crippen LogP contribution >= 0.6 is 15.9 Å². The second-order valence-corrected chi connectivity index (χ2v) is 7.35. The van der Waals surface area contributed by atoms with Crippen molar-refractivity contribution in [2.24, 2.45) is 5.41 Å². The highest BCUT2D eigenvalue weighted by Crippen LogP contribution is 2.48. The summed E-state index contributed by atoms with van der Waals surface area (Å²) in [5.41, 5.74) is 1.34. The molecule has 1 spiro atoms. The lowest BCUT2D eigenvalue weighted by Gasteiger charge is -2.55. The van der Waals surface area contributed by atoms with E-state index < -0.39 is 0 Å². The second kappa shape index (κ2) is 5.30. The third-order valence-corrected chi connectivity index (χ3v) is 5.08. The largest absolute Gasteiger partial charge is 0.451 e. The van der Waals surface area contributed by atoms with E-state index in [2.05, 4.69) is 30.8 Å². The van der Waals surface area contributed by atoms with Gasteiger partial charge in [0.2, 0.25) is 0 Å². The Kier molecular flexibility index (Phi) is 3.37. The van der Waals surface area contributed by atoms with Crippen molar-refractivity contribution >= 4 is 27.5 Å². The zero-order chi connectivity index (χ0) is 16.0. The van der Waals surface area contributed by atoms with Gasteiger partial charge in [0.1, 0.15) is 17.9 Å². The van der Waals surface area contributed by atoms with Gasteiger partial charge in [-0.05, 0) is 40.5 Å². The van der Waals surface area contributed by atoms with Crippen molar-refractivity contribution in [3.05, 3.63) is 40.8 Å². The molecule has 0 N–H and O–H groups in total. The summed E-state index contributed by atoms with van der Waals surface area (Å²) in [7, 11) is 0. The minimum Gasteiger partial charge on any atom is -0.451 e. The number of hydrogen-bond acceptors (Lipinski definition) is 5. The molecule has 2 fully saturated rings. The van der Waals surface area contributed by atoms with E-state index in [1.807, 2.05) is 25.1 Å². The average Bonchev–Trinajstić information content (AvgIpc) is 2.45. The Morgan fingerprint density at radius 1 is 1.26 bits per heavy atom. The zero-order valence-corrected chi connectivity index (χ0v) is 14.3. The summed E-state index contributed by atoms with van der Waals surface area (Å²) in [6.07, 6.45) is 4.62. The van der Waals surface area contributed by atoms with Gasteiger partial charge in [-0.1, -0.05) is 6.07 Å². The van der Waals surface area contributed by atoms with Crippen LogP contribution in [0.2, 0.25) is 0 Å². The van der Waals surface area contributed by atoms with E-state index in [0.29, 0.717) is 24.4 Å². The molecule has 1 saturated heterocycles. The number of halogens is 1. The molecule has 4 rings (SSSR count). The number of anilines is 1. The first-order valence-corrected chi connectivity index (χ1v) is 8.35. The second-order valence-electron chi connectivity index (χ2n) is 6.49. The molecule has 23 heavy (non-hydrogen) atoms. The fourth-order valence-corrected chi connectivity index (χ4v) is 3.92. The minimum atomic E-state index is 0.184. The molecular formula is C17H16BrN3O2. The summed E-state index contributed by atoms with van der Waals surface area (Å²) < 4.78 is 6.91. The molecule has 1 aliphatic carbocycles. The number of Topliss-reactive ketones (excluding diaryl/α,β-unsaturated/α-hetero) is 1. The van der Waals surface area contributed by atoms with Crippen molar-refractivity contribution in [2.75, 3.05) is 18.0 Å². The molecule has 0 atom stereocenters. The van der Waals surface area contributed by atoms with Crippen LogP contribution in [0.25, 0.3) is 0 Å². The Morgan fingerprint density at radius 2 is 2.04 bits per heavy atom. The van der Waals surface area contributed by atoms with Crippen LogP contribution in [-0.4, -0.2) is 28.8 Å². The number of nitrogens with zero attached hydrogens (tertiary/aromatic N) is 3. The van der Waals surface area contributed by atoms with Gasteiger partial charge in [0.15, 0.2) is 11.6 Å². The lowest BCUT2D eigenvalue weighted by atomic mass is 9.63. The Balaban J connectivity index is 1.55. The molecule has 6 heteroatoms. The minimum absolute atomic E-state index is 0.184. The Bertz CT molecular complexity index is 777. The van der Waals surface area contributed by atoms with Gasteiger partial charge >= 0.3 is 0 Å². The van der Waals surface area contributed by atoms with Crippen LogP contribution in [0.1, 0.15) is 18.4 Å². The van der Waals surface area contributed by atoms with E-state index in [9.17, 15) is 4.79 Å². The lowest BCUT2D eigenvalue weighted by Crippen LogP contribution is -2.63. The Morgan fingerprint density at radius 3 is 2.74 bits per heavy atom. The Hall–Kier alpha value is -1.95. The van der Waals surface area contributed by atoms with Crippen LogP contribution in [0.3, 0.4) is 0 Å². The fraction of sp³-hybridized carbons (Fsp3) is 0.353. The molecule has 1 saturated carbocycles. The van der Waals surface area contributed by atoms with Crippen molar-refractivity contribution in [3.63, 3.8) is 0 Å². The van der Waals surface area contributed by atoms with E-state index in [0.717, 1.165) is 34.7 Å². The first kappa shape index (κ1) is 14.6. The van der Waals surface area contributed by atoms with Crippen LogP contribution < -0.4 is 9.64 Å². The van der Waals surface area contributed by atoms with Gasteiger partial charge in [-0.3, -0.25) is 4.79 Å². The van der Waals surface area contributed by atoms with Crippen molar-refractivity contribution in [1.82, 2.24) is 9.97 Å². The van der Waals surface area contributed by atoms with E-state index in [-0.39, 0.29) is 5.41 Å². The SMILES string of the molecule is Cc1ccc(Oc2cncnc2N2CC3(CC(=O)C3)C2)c(Br)c1. The van der Waals surface area contributed by atoms with Gasteiger partial charge in [0.05, 0.1) is 10.7 Å². The summed E-state index contributed by atoms with van der Waals surface area (Å²) >= 11 is 3.53. The molecule has 1 aromatic heterocycles. The standard InChI is InChI=1S/C17H16BrN3O2/c1-11-2-3-14(13(18)4-11)23-15-7-19-10-20-16(15)21-8-17(9-21)5-12(22)6-17/h2-4,7,10H,5-6,8-9H2,1H3. The van der Waals surface area contributed by atoms with Gasteiger partial charge in [-0.2, -0.15) is 0 Å². The summed E-state index contributed by atoms with van der Waals surface area (Å²) in [6, 6.07) is 5.94. The predicted molar refractivity (Wildman–Crippen MR) is 89.9 cm³/mol. The summed E-state index contributed by atoms with van der Waals surface area (Å²) in [5.74, 6) is 2.53. The molecule has 2 aliphatic rings. The van der Waals surface area contributed by atoms with Crippen LogP contribution in [-0.2, 0) is 4.79 Å². The van der Waals surface area contributed by atoms with Crippen LogP contribution in [0.15, 0.2) is 35.2 Å². The molecular weight excluding hydrogens is 358 g/mol. The molecule has 2 aromatic rings. The van der Waals surface area contributed by atoms with E-state index in [4.69, 9.17) is 4.74 Å². The number of benzene rings is 1. The van der Waals surface area contributed by atoms with Gasteiger partial charge in [-0.15, -0.1) is 0 Å². The highest BCUT2D eigenvalue weighted by molar-refractivity contribution is 9.10. The smallest absolute Gasteiger partial charge is 0.188 e. The monoisotopic (exact) mass is 373 g/mol. The van der Waals surface area contributed by atoms with Crippen molar-refractivity contribution in [1.29, 1.82) is 0 Å². The van der Waals surface area contributed by atoms with Crippen molar-refractivity contribution < 1.29 is 9.53 Å². The lowest BCUT2D eigenvalue weighted by molar-refractivity contribution is -0.134. The van der Waals surface area contributed by atoms with E-state index >= 15 is 0 Å². The van der Waals surface area contributed by atoms with Crippen molar-refractivity contribution in [3.8, 4) is 11.5 Å². The number of ether oxygens (including phenoxy) is 1. The molecule has 5 nitrogen and oxygen atoms in total. The van der Waals surface area contributed by atoms with Crippen molar-refractivity contribution in [2.45, 2.75) is 19.8 Å². The number of aromatic nitrogens is 2. The highest BCUT2D eigenvalue weighted by Gasteiger charge is 2.52. The fourth-order valence-electron chi connectivity index (χ4n) is 3.35. The maximum atomic E-state index is 11.2. The zero-order valence-electron chi connectivity index (χ0n) is 12.8. The number of hydrogen-bond donors (Lipinski definition) is 0. The van der Waals surface area contributed by atoms with Crippen LogP contribution in [0.5, 0.6) is 11.5 Å². The third kappa shape index (κ3) is 2.61. The van der Waals surface area contributed by atoms with Gasteiger partial charge < -0.3 is 9.64 Å². The maximum absolute atomic E-state index is 11.2. The number of carbonyl (C=O) groups excluding carboxylic acids is 1. The molecule has 1 aromatic carbocycles. The predicted octanol–water partition coefficient (Wildman–Crippen LogP) is 3.51. The average molecular weight is 374 g/mol. The first-order valence-electron chi connectivity index (χ1n) is 7.55. The van der Waals surface area contributed by atoms with Crippen LogP contribution in [0.4, 0.5) is 5.82 Å². The van der Waals surface area contributed by atoms with Gasteiger partial charge in [-0.25, -0.2) is 9.97 Å². The summed E-state index contributed by atoms with van der Waals surface area (Å²) in [5, 5.41) is 0. The topological polar surface area (TPSA) is 55.3 Å². The molecule has 2 heterocycles. The van der Waals surface area contributed by atoms with Gasteiger partial charge in [0.25, 0.3) is 0 Å². The Labute approximate surface area is 142 Å². The highest BCUT2D eigenvalue weighted by atomic mass is 79.9. The van der Waals surface area contributed by atoms with Gasteiger partial charge in [0, 0.05) is 31.3 Å². The van der Waals surface area contributed by atoms with E-state index in [1.165, 1.54) is 6.33 Å². The third-order valence-electron chi connectivity index (χ3n) is 4.46. The number of ketones is 1. The normalized spacial score (nSPS) is 18.5. The summed E-state index contributed by atoms with van der Waals surface area (Å²) in [6.45, 7) is 3.76. The summed E-state index contributed by atoms with van der Waals surface area (Å²) in [4.78, 5) is 21.9. The number of rotatable bonds is 3.